The monoisotopic (exact) mass is 306 g/mol. The fourth-order valence-electron chi connectivity index (χ4n) is 4.26. The number of ether oxygens (including phenoxy) is 1. The maximum absolute atomic E-state index is 12.4. The molecule has 5 heteroatoms. The Hall–Kier alpha value is -1.10. The highest BCUT2D eigenvalue weighted by molar-refractivity contribution is 5.80. The van der Waals surface area contributed by atoms with Crippen molar-refractivity contribution in [3.63, 3.8) is 0 Å². The number of carbonyl (C=O) groups excluding carboxylic acids is 2. The Kier molecular flexibility index (Phi) is 3.63. The lowest BCUT2D eigenvalue weighted by atomic mass is 9.75. The minimum absolute atomic E-state index is 0.0507. The molecule has 2 aliphatic carbocycles. The molecular formula is C17H26N2O3. The van der Waals surface area contributed by atoms with Crippen molar-refractivity contribution in [2.75, 3.05) is 13.1 Å². The molecule has 5 nitrogen and oxygen atoms in total. The molecule has 2 amide bonds. The van der Waals surface area contributed by atoms with Crippen molar-refractivity contribution in [1.82, 2.24) is 10.2 Å². The molecule has 0 radical (unpaired) electrons. The van der Waals surface area contributed by atoms with Crippen molar-refractivity contribution in [3.05, 3.63) is 0 Å². The Labute approximate surface area is 131 Å². The normalized spacial score (nSPS) is 40.2. The SMILES string of the molecule is CC1CC(C(=O)N2C[C@@H]3C[C@@H](CC(=O)NC4CC4)O[C@@H]3C2)C1. The summed E-state index contributed by atoms with van der Waals surface area (Å²) in [6.45, 7) is 3.77. The summed E-state index contributed by atoms with van der Waals surface area (Å²) in [6.07, 6.45) is 5.96. The largest absolute Gasteiger partial charge is 0.372 e. The Morgan fingerprint density at radius 1 is 1.18 bits per heavy atom. The van der Waals surface area contributed by atoms with Gasteiger partial charge < -0.3 is 15.0 Å². The van der Waals surface area contributed by atoms with E-state index in [9.17, 15) is 9.59 Å². The summed E-state index contributed by atoms with van der Waals surface area (Å²) in [4.78, 5) is 26.3. The zero-order chi connectivity index (χ0) is 15.3. The third-order valence-electron chi connectivity index (χ3n) is 5.70. The molecule has 0 aromatic rings. The molecular weight excluding hydrogens is 280 g/mol. The zero-order valence-electron chi connectivity index (χ0n) is 13.3. The van der Waals surface area contributed by atoms with Crippen molar-refractivity contribution in [3.8, 4) is 0 Å². The summed E-state index contributed by atoms with van der Waals surface area (Å²) in [6, 6.07) is 0.423. The van der Waals surface area contributed by atoms with Crippen molar-refractivity contribution < 1.29 is 14.3 Å². The van der Waals surface area contributed by atoms with Crippen LogP contribution in [0.5, 0.6) is 0 Å². The molecule has 22 heavy (non-hydrogen) atoms. The second-order valence-electron chi connectivity index (χ2n) is 7.85. The van der Waals surface area contributed by atoms with Crippen molar-refractivity contribution in [1.29, 1.82) is 0 Å². The number of carbonyl (C=O) groups is 2. The van der Waals surface area contributed by atoms with Crippen molar-refractivity contribution >= 4 is 11.8 Å². The first-order chi connectivity index (χ1) is 10.6. The fourth-order valence-corrected chi connectivity index (χ4v) is 4.26. The third-order valence-corrected chi connectivity index (χ3v) is 5.70. The minimum atomic E-state index is 0.0507. The van der Waals surface area contributed by atoms with E-state index >= 15 is 0 Å². The number of likely N-dealkylation sites (tertiary alicyclic amines) is 1. The Balaban J connectivity index is 1.23. The van der Waals surface area contributed by atoms with Gasteiger partial charge in [-0.15, -0.1) is 0 Å². The number of fused-ring (bicyclic) bond motifs is 1. The number of hydrogen-bond donors (Lipinski definition) is 1. The van der Waals surface area contributed by atoms with E-state index in [1.165, 1.54) is 0 Å². The van der Waals surface area contributed by atoms with Gasteiger partial charge in [-0.25, -0.2) is 0 Å². The van der Waals surface area contributed by atoms with E-state index in [-0.39, 0.29) is 24.0 Å². The molecule has 0 unspecified atom stereocenters. The first kappa shape index (κ1) is 14.5. The Morgan fingerprint density at radius 3 is 2.59 bits per heavy atom. The van der Waals surface area contributed by atoms with Gasteiger partial charge in [-0.05, 0) is 38.0 Å². The van der Waals surface area contributed by atoms with Crippen LogP contribution in [0.2, 0.25) is 0 Å². The van der Waals surface area contributed by atoms with E-state index in [0.717, 1.165) is 45.2 Å². The fraction of sp³-hybridized carbons (Fsp3) is 0.882. The second-order valence-corrected chi connectivity index (χ2v) is 7.85. The number of rotatable bonds is 4. The predicted molar refractivity (Wildman–Crippen MR) is 81.0 cm³/mol. The molecule has 4 aliphatic rings. The van der Waals surface area contributed by atoms with Gasteiger partial charge in [-0.3, -0.25) is 9.59 Å². The highest BCUT2D eigenvalue weighted by Crippen LogP contribution is 2.39. The van der Waals surface area contributed by atoms with E-state index in [0.29, 0.717) is 30.2 Å². The topological polar surface area (TPSA) is 58.6 Å². The van der Waals surface area contributed by atoms with Gasteiger partial charge in [0, 0.05) is 31.0 Å². The molecule has 2 saturated heterocycles. The molecule has 0 bridgehead atoms. The molecule has 3 atom stereocenters. The molecule has 4 fully saturated rings. The van der Waals surface area contributed by atoms with Gasteiger partial charge in [0.15, 0.2) is 0 Å². The molecule has 122 valence electrons. The van der Waals surface area contributed by atoms with Gasteiger partial charge in [-0.2, -0.15) is 0 Å². The average Bonchev–Trinajstić information content (AvgIpc) is 3.02. The average molecular weight is 306 g/mol. The number of nitrogens with zero attached hydrogens (tertiary/aromatic N) is 1. The highest BCUT2D eigenvalue weighted by atomic mass is 16.5. The van der Waals surface area contributed by atoms with Crippen LogP contribution < -0.4 is 5.32 Å². The second kappa shape index (κ2) is 5.52. The lowest BCUT2D eigenvalue weighted by molar-refractivity contribution is -0.140. The summed E-state index contributed by atoms with van der Waals surface area (Å²) in [5.41, 5.74) is 0. The smallest absolute Gasteiger partial charge is 0.225 e. The lowest BCUT2D eigenvalue weighted by Crippen LogP contribution is -2.41. The van der Waals surface area contributed by atoms with Gasteiger partial charge >= 0.3 is 0 Å². The maximum atomic E-state index is 12.4. The molecule has 0 aromatic carbocycles. The number of hydrogen-bond acceptors (Lipinski definition) is 3. The first-order valence-corrected chi connectivity index (χ1v) is 8.82. The first-order valence-electron chi connectivity index (χ1n) is 8.82. The molecule has 4 rings (SSSR count). The van der Waals surface area contributed by atoms with Gasteiger partial charge in [0.2, 0.25) is 11.8 Å². The minimum Gasteiger partial charge on any atom is -0.372 e. The number of nitrogens with one attached hydrogen (secondary N) is 1. The summed E-state index contributed by atoms with van der Waals surface area (Å²) < 4.78 is 6.04. The van der Waals surface area contributed by atoms with Crippen LogP contribution in [0.1, 0.15) is 45.4 Å². The van der Waals surface area contributed by atoms with E-state index in [4.69, 9.17) is 4.74 Å². The molecule has 0 spiro atoms. The van der Waals surface area contributed by atoms with E-state index < -0.39 is 0 Å². The molecule has 0 aromatic heterocycles. The summed E-state index contributed by atoms with van der Waals surface area (Å²) >= 11 is 0. The van der Waals surface area contributed by atoms with Crippen LogP contribution in [0.25, 0.3) is 0 Å². The highest BCUT2D eigenvalue weighted by Gasteiger charge is 2.46. The summed E-state index contributed by atoms with van der Waals surface area (Å²) in [5, 5.41) is 3.02. The summed E-state index contributed by atoms with van der Waals surface area (Å²) in [5.74, 6) is 1.86. The molecule has 2 saturated carbocycles. The lowest BCUT2D eigenvalue weighted by Gasteiger charge is -2.34. The summed E-state index contributed by atoms with van der Waals surface area (Å²) in [7, 11) is 0. The van der Waals surface area contributed by atoms with Crippen LogP contribution in [0.15, 0.2) is 0 Å². The Bertz CT molecular complexity index is 457. The van der Waals surface area contributed by atoms with Gasteiger partial charge in [0.05, 0.1) is 18.6 Å². The van der Waals surface area contributed by atoms with Crippen molar-refractivity contribution in [2.45, 2.75) is 63.7 Å². The van der Waals surface area contributed by atoms with Crippen LogP contribution in [-0.2, 0) is 14.3 Å². The van der Waals surface area contributed by atoms with Gasteiger partial charge in [0.1, 0.15) is 0 Å². The van der Waals surface area contributed by atoms with E-state index in [2.05, 4.69) is 12.2 Å². The van der Waals surface area contributed by atoms with E-state index in [1.54, 1.807) is 0 Å². The van der Waals surface area contributed by atoms with Crippen LogP contribution in [-0.4, -0.2) is 48.1 Å². The van der Waals surface area contributed by atoms with Gasteiger partial charge in [-0.1, -0.05) is 6.92 Å². The van der Waals surface area contributed by atoms with Gasteiger partial charge in [0.25, 0.3) is 0 Å². The van der Waals surface area contributed by atoms with Crippen LogP contribution in [0.4, 0.5) is 0 Å². The predicted octanol–water partition coefficient (Wildman–Crippen LogP) is 1.32. The van der Waals surface area contributed by atoms with Crippen LogP contribution in [0, 0.1) is 17.8 Å². The zero-order valence-corrected chi connectivity index (χ0v) is 13.3. The number of amides is 2. The van der Waals surface area contributed by atoms with Crippen LogP contribution in [0.3, 0.4) is 0 Å². The maximum Gasteiger partial charge on any atom is 0.225 e. The quantitative estimate of drug-likeness (QED) is 0.852. The molecule has 1 N–H and O–H groups in total. The van der Waals surface area contributed by atoms with Crippen molar-refractivity contribution in [2.24, 2.45) is 17.8 Å². The van der Waals surface area contributed by atoms with Crippen LogP contribution >= 0.6 is 0 Å². The van der Waals surface area contributed by atoms with E-state index in [1.807, 2.05) is 4.90 Å². The standard InChI is InChI=1S/C17H26N2O3/c1-10-4-11(5-10)17(21)19-8-12-6-14(22-15(12)9-19)7-16(20)18-13-2-3-13/h10-15H,2-9H2,1H3,(H,18,20)/t10?,11?,12-,14-,15+/m0/s1. The third kappa shape index (κ3) is 2.87. The molecule has 2 aliphatic heterocycles. The molecule has 2 heterocycles. The Morgan fingerprint density at radius 2 is 1.95 bits per heavy atom.